The van der Waals surface area contributed by atoms with Gasteiger partial charge >= 0.3 is 0 Å². The fourth-order valence-corrected chi connectivity index (χ4v) is 3.28. The summed E-state index contributed by atoms with van der Waals surface area (Å²) >= 11 is 0. The summed E-state index contributed by atoms with van der Waals surface area (Å²) in [5.74, 6) is -0.955. The van der Waals surface area contributed by atoms with Gasteiger partial charge in [0, 0.05) is 45.9 Å². The Kier molecular flexibility index (Phi) is 5.00. The number of aromatic hydroxyl groups is 1. The molecule has 0 radical (unpaired) electrons. The van der Waals surface area contributed by atoms with Crippen LogP contribution in [0.25, 0.3) is 5.57 Å². The Morgan fingerprint density at radius 1 is 0.968 bits per heavy atom. The largest absolute Gasteiger partial charge is 0.508 e. The van der Waals surface area contributed by atoms with E-state index in [-0.39, 0.29) is 17.4 Å². The highest BCUT2D eigenvalue weighted by molar-refractivity contribution is 6.32. The number of ketones is 1. The second-order valence-corrected chi connectivity index (χ2v) is 7.19. The minimum Gasteiger partial charge on any atom is -0.508 e. The molecule has 0 bridgehead atoms. The van der Waals surface area contributed by atoms with Crippen molar-refractivity contribution in [3.63, 3.8) is 0 Å². The number of nitrogens with one attached hydrogen (secondary N) is 2. The molecule has 4 rings (SSSR count). The zero-order chi connectivity index (χ0) is 22.1. The van der Waals surface area contributed by atoms with Gasteiger partial charge in [-0.3, -0.25) is 14.4 Å². The molecule has 1 aliphatic rings. The average Bonchev–Trinajstić information content (AvgIpc) is 3.08. The smallest absolute Gasteiger partial charge is 0.257 e. The number of carbonyl (C=O) groups excluding carboxylic acids is 3. The van der Waals surface area contributed by atoms with Crippen LogP contribution in [0.1, 0.15) is 37.4 Å². The van der Waals surface area contributed by atoms with Crippen molar-refractivity contribution in [1.29, 1.82) is 0 Å². The normalized spacial score (nSPS) is 13.6. The second-order valence-electron chi connectivity index (χ2n) is 7.19. The molecule has 1 aliphatic heterocycles. The van der Waals surface area contributed by atoms with Crippen molar-refractivity contribution < 1.29 is 19.5 Å². The Labute approximate surface area is 178 Å². The summed E-state index contributed by atoms with van der Waals surface area (Å²) in [6, 6.07) is 16.2. The van der Waals surface area contributed by atoms with Gasteiger partial charge in [-0.2, -0.15) is 0 Å². The van der Waals surface area contributed by atoms with Crippen molar-refractivity contribution in [2.45, 2.75) is 6.92 Å². The summed E-state index contributed by atoms with van der Waals surface area (Å²) in [5.41, 5.74) is 9.29. The molecule has 154 valence electrons. The predicted octanol–water partition coefficient (Wildman–Crippen LogP) is 3.44. The summed E-state index contributed by atoms with van der Waals surface area (Å²) in [4.78, 5) is 36.5. The van der Waals surface area contributed by atoms with Crippen molar-refractivity contribution in [1.82, 2.24) is 0 Å². The van der Waals surface area contributed by atoms with Gasteiger partial charge in [0.25, 0.3) is 5.91 Å². The standard InChI is InChI=1S/C24H19N3O4/c1-13-2-8-17(11-21(13)28)26-12-19-18-10-16(7-9-20(18)27-24(19)31)22(29)14-3-5-15(6-4-14)23(25)30/h2-12,26,28H,1H3,(H2,25,30)(H,27,31). The predicted molar refractivity (Wildman–Crippen MR) is 118 cm³/mol. The van der Waals surface area contributed by atoms with E-state index >= 15 is 0 Å². The van der Waals surface area contributed by atoms with Crippen LogP contribution in [0.3, 0.4) is 0 Å². The van der Waals surface area contributed by atoms with Crippen LogP contribution in [0, 0.1) is 6.92 Å². The van der Waals surface area contributed by atoms with E-state index in [1.165, 1.54) is 12.1 Å². The van der Waals surface area contributed by atoms with Gasteiger partial charge in [0.15, 0.2) is 5.78 Å². The number of phenolic OH excluding ortho intramolecular Hbond substituents is 1. The summed E-state index contributed by atoms with van der Waals surface area (Å²) in [6.45, 7) is 1.79. The van der Waals surface area contributed by atoms with Gasteiger partial charge in [0.05, 0.1) is 5.57 Å². The van der Waals surface area contributed by atoms with Gasteiger partial charge in [-0.25, -0.2) is 0 Å². The number of primary amides is 1. The molecule has 0 aromatic heterocycles. The van der Waals surface area contributed by atoms with E-state index in [4.69, 9.17) is 5.73 Å². The van der Waals surface area contributed by atoms with Crippen molar-refractivity contribution >= 4 is 34.5 Å². The number of rotatable bonds is 5. The molecule has 0 aliphatic carbocycles. The summed E-state index contributed by atoms with van der Waals surface area (Å²) in [6.07, 6.45) is 1.54. The number of fused-ring (bicyclic) bond motifs is 1. The lowest BCUT2D eigenvalue weighted by Gasteiger charge is -2.07. The van der Waals surface area contributed by atoms with Crippen molar-refractivity contribution in [3.05, 3.63) is 94.7 Å². The van der Waals surface area contributed by atoms with Crippen LogP contribution in [0.5, 0.6) is 5.75 Å². The average molecular weight is 413 g/mol. The van der Waals surface area contributed by atoms with E-state index in [0.29, 0.717) is 39.2 Å². The fourth-order valence-electron chi connectivity index (χ4n) is 3.28. The van der Waals surface area contributed by atoms with Crippen LogP contribution < -0.4 is 16.4 Å². The molecule has 0 fully saturated rings. The zero-order valence-electron chi connectivity index (χ0n) is 16.6. The molecular formula is C24H19N3O4. The summed E-state index contributed by atoms with van der Waals surface area (Å²) in [7, 11) is 0. The number of anilines is 2. The van der Waals surface area contributed by atoms with E-state index in [0.717, 1.165) is 5.56 Å². The van der Waals surface area contributed by atoms with Gasteiger partial charge in [-0.05, 0) is 48.9 Å². The molecule has 31 heavy (non-hydrogen) atoms. The third kappa shape index (κ3) is 3.89. The van der Waals surface area contributed by atoms with E-state index in [1.54, 1.807) is 61.7 Å². The zero-order valence-corrected chi connectivity index (χ0v) is 16.6. The van der Waals surface area contributed by atoms with Crippen LogP contribution in [0.2, 0.25) is 0 Å². The van der Waals surface area contributed by atoms with Crippen LogP contribution in [0.15, 0.2) is 66.9 Å². The van der Waals surface area contributed by atoms with Crippen LogP contribution in [-0.4, -0.2) is 22.7 Å². The van der Waals surface area contributed by atoms with Crippen LogP contribution >= 0.6 is 0 Å². The first-order valence-corrected chi connectivity index (χ1v) is 9.50. The van der Waals surface area contributed by atoms with E-state index in [1.807, 2.05) is 0 Å². The molecule has 3 aromatic carbocycles. The van der Waals surface area contributed by atoms with Gasteiger partial charge in [-0.1, -0.05) is 18.2 Å². The maximum atomic E-state index is 12.9. The number of hydrogen-bond acceptors (Lipinski definition) is 5. The molecule has 5 N–H and O–H groups in total. The first-order valence-electron chi connectivity index (χ1n) is 9.50. The Balaban J connectivity index is 1.63. The SMILES string of the molecule is Cc1ccc(NC=C2C(=O)Nc3ccc(C(=O)c4ccc(C(N)=O)cc4)cc32)cc1O. The Hall–Kier alpha value is -4.39. The summed E-state index contributed by atoms with van der Waals surface area (Å²) in [5, 5.41) is 15.6. The molecule has 0 atom stereocenters. The molecule has 7 nitrogen and oxygen atoms in total. The van der Waals surface area contributed by atoms with Gasteiger partial charge in [0.2, 0.25) is 5.91 Å². The number of aryl methyl sites for hydroxylation is 1. The molecular weight excluding hydrogens is 394 g/mol. The van der Waals surface area contributed by atoms with Crippen molar-refractivity contribution in [2.75, 3.05) is 10.6 Å². The quantitative estimate of drug-likeness (QED) is 0.377. The van der Waals surface area contributed by atoms with E-state index in [9.17, 15) is 19.5 Å². The number of carbonyl (C=O) groups is 3. The van der Waals surface area contributed by atoms with E-state index < -0.39 is 5.91 Å². The number of amides is 2. The molecule has 0 saturated carbocycles. The lowest BCUT2D eigenvalue weighted by atomic mass is 9.98. The van der Waals surface area contributed by atoms with Gasteiger partial charge in [-0.15, -0.1) is 0 Å². The molecule has 7 heteroatoms. The first-order chi connectivity index (χ1) is 14.8. The lowest BCUT2D eigenvalue weighted by Crippen LogP contribution is -2.11. The third-order valence-corrected chi connectivity index (χ3v) is 5.09. The number of benzene rings is 3. The fraction of sp³-hybridized carbons (Fsp3) is 0.0417. The lowest BCUT2D eigenvalue weighted by molar-refractivity contribution is -0.110. The Morgan fingerprint density at radius 3 is 2.32 bits per heavy atom. The highest BCUT2D eigenvalue weighted by Gasteiger charge is 2.25. The number of hydrogen-bond donors (Lipinski definition) is 4. The number of nitrogens with two attached hydrogens (primary N) is 1. The molecule has 0 unspecified atom stereocenters. The highest BCUT2D eigenvalue weighted by Crippen LogP contribution is 2.33. The van der Waals surface area contributed by atoms with Crippen molar-refractivity contribution in [2.24, 2.45) is 5.73 Å². The molecule has 2 amide bonds. The van der Waals surface area contributed by atoms with Crippen molar-refractivity contribution in [3.8, 4) is 5.75 Å². The maximum Gasteiger partial charge on any atom is 0.257 e. The second kappa shape index (κ2) is 7.79. The molecule has 3 aromatic rings. The third-order valence-electron chi connectivity index (χ3n) is 5.09. The van der Waals surface area contributed by atoms with Crippen LogP contribution in [-0.2, 0) is 4.79 Å². The molecule has 0 spiro atoms. The number of phenols is 1. The minimum atomic E-state index is -0.565. The first kappa shape index (κ1) is 19.9. The monoisotopic (exact) mass is 413 g/mol. The topological polar surface area (TPSA) is 122 Å². The van der Waals surface area contributed by atoms with E-state index in [2.05, 4.69) is 10.6 Å². The van der Waals surface area contributed by atoms with Gasteiger partial charge in [0.1, 0.15) is 5.75 Å². The van der Waals surface area contributed by atoms with Crippen LogP contribution in [0.4, 0.5) is 11.4 Å². The van der Waals surface area contributed by atoms with Gasteiger partial charge < -0.3 is 21.5 Å². The molecule has 0 saturated heterocycles. The minimum absolute atomic E-state index is 0.148. The summed E-state index contributed by atoms with van der Waals surface area (Å²) < 4.78 is 0. The molecule has 1 heterocycles. The maximum absolute atomic E-state index is 12.9. The Bertz CT molecular complexity index is 1260. The highest BCUT2D eigenvalue weighted by atomic mass is 16.3. The Morgan fingerprint density at radius 2 is 1.65 bits per heavy atom.